The predicted octanol–water partition coefficient (Wildman–Crippen LogP) is 4.56. The molecule has 1 unspecified atom stereocenters. The highest BCUT2D eigenvalue weighted by molar-refractivity contribution is 6.08. The molecule has 0 radical (unpaired) electrons. The lowest BCUT2D eigenvalue weighted by Gasteiger charge is -2.36. The van der Waals surface area contributed by atoms with Crippen LogP contribution in [0.4, 0.5) is 4.79 Å². The first-order valence-electron chi connectivity index (χ1n) is 10.3. The van der Waals surface area contributed by atoms with E-state index >= 15 is 0 Å². The molecule has 1 saturated heterocycles. The first-order chi connectivity index (χ1) is 13.1. The van der Waals surface area contributed by atoms with Crippen molar-refractivity contribution in [2.24, 2.45) is 0 Å². The summed E-state index contributed by atoms with van der Waals surface area (Å²) in [6, 6.07) is 8.03. The molecule has 2 aliphatic heterocycles. The number of para-hydroxylation sites is 1. The van der Waals surface area contributed by atoms with Crippen LogP contribution in [0.1, 0.15) is 63.6 Å². The van der Waals surface area contributed by atoms with E-state index in [2.05, 4.69) is 18.0 Å². The maximum Gasteiger partial charge on any atom is 0.327 e. The summed E-state index contributed by atoms with van der Waals surface area (Å²) < 4.78 is 0. The Hall–Kier alpha value is -2.30. The molecule has 3 heterocycles. The molecule has 2 aromatic rings. The number of urea groups is 1. The van der Waals surface area contributed by atoms with Crippen molar-refractivity contribution in [2.75, 3.05) is 13.1 Å². The van der Waals surface area contributed by atoms with Gasteiger partial charge in [0.1, 0.15) is 0 Å². The molecule has 5 heteroatoms. The summed E-state index contributed by atoms with van der Waals surface area (Å²) in [6.45, 7) is 5.24. The molecule has 0 spiro atoms. The summed E-state index contributed by atoms with van der Waals surface area (Å²) >= 11 is 0. The number of carbonyl (C=O) groups excluding carboxylic acids is 2. The maximum absolute atomic E-state index is 13.3. The molecule has 0 aliphatic carbocycles. The van der Waals surface area contributed by atoms with E-state index in [4.69, 9.17) is 0 Å². The molecule has 0 bridgehead atoms. The number of aromatic amines is 1. The van der Waals surface area contributed by atoms with Gasteiger partial charge in [0.15, 0.2) is 5.54 Å². The number of benzene rings is 1. The molecule has 27 heavy (non-hydrogen) atoms. The fourth-order valence-corrected chi connectivity index (χ4v) is 4.71. The summed E-state index contributed by atoms with van der Waals surface area (Å²) in [5.74, 6) is -0.0754. The average Bonchev–Trinajstić information content (AvgIpc) is 3.14. The highest BCUT2D eigenvalue weighted by Crippen LogP contribution is 2.43. The highest BCUT2D eigenvalue weighted by atomic mass is 16.2. The standard InChI is InChI=1S/C22H29N3O2/c1-3-4-5-6-7-10-14-24-20(26)22(2)19-17(13-15-25(22)21(24)27)16-11-8-9-12-18(16)23-19/h8-9,11-12,23H,3-7,10,13-15H2,1-2H3. The topological polar surface area (TPSA) is 56.4 Å². The van der Waals surface area contributed by atoms with Gasteiger partial charge in [0.2, 0.25) is 0 Å². The molecule has 144 valence electrons. The Morgan fingerprint density at radius 3 is 2.63 bits per heavy atom. The molecule has 3 amide bonds. The van der Waals surface area contributed by atoms with Crippen molar-refractivity contribution >= 4 is 22.8 Å². The van der Waals surface area contributed by atoms with Crippen molar-refractivity contribution < 1.29 is 9.59 Å². The van der Waals surface area contributed by atoms with Gasteiger partial charge in [-0.05, 0) is 31.4 Å². The first-order valence-corrected chi connectivity index (χ1v) is 10.3. The van der Waals surface area contributed by atoms with E-state index in [0.29, 0.717) is 13.1 Å². The maximum atomic E-state index is 13.3. The van der Waals surface area contributed by atoms with Gasteiger partial charge in [-0.15, -0.1) is 0 Å². The van der Waals surface area contributed by atoms with E-state index in [-0.39, 0.29) is 11.9 Å². The van der Waals surface area contributed by atoms with E-state index in [9.17, 15) is 9.59 Å². The predicted molar refractivity (Wildman–Crippen MR) is 107 cm³/mol. The molecule has 1 atom stereocenters. The van der Waals surface area contributed by atoms with Crippen molar-refractivity contribution in [3.05, 3.63) is 35.5 Å². The number of fused-ring (bicyclic) bond motifs is 5. The van der Waals surface area contributed by atoms with Crippen LogP contribution < -0.4 is 0 Å². The van der Waals surface area contributed by atoms with E-state index < -0.39 is 5.54 Å². The zero-order chi connectivity index (χ0) is 19.0. The zero-order valence-corrected chi connectivity index (χ0v) is 16.4. The van der Waals surface area contributed by atoms with Gasteiger partial charge >= 0.3 is 6.03 Å². The van der Waals surface area contributed by atoms with Gasteiger partial charge < -0.3 is 9.88 Å². The molecule has 1 N–H and O–H groups in total. The fourth-order valence-electron chi connectivity index (χ4n) is 4.71. The summed E-state index contributed by atoms with van der Waals surface area (Å²) in [5.41, 5.74) is 2.23. The number of nitrogens with one attached hydrogen (secondary N) is 1. The SMILES string of the molecule is CCCCCCCCN1C(=O)N2CCc3c([nH]c4ccccc34)C2(C)C1=O. The van der Waals surface area contributed by atoms with Crippen LogP contribution >= 0.6 is 0 Å². The third kappa shape index (κ3) is 2.75. The lowest BCUT2D eigenvalue weighted by Crippen LogP contribution is -2.49. The van der Waals surface area contributed by atoms with Crippen molar-refractivity contribution in [1.82, 2.24) is 14.8 Å². The zero-order valence-electron chi connectivity index (χ0n) is 16.4. The lowest BCUT2D eigenvalue weighted by atomic mass is 9.87. The van der Waals surface area contributed by atoms with Crippen LogP contribution in [0.5, 0.6) is 0 Å². The van der Waals surface area contributed by atoms with Crippen molar-refractivity contribution in [1.29, 1.82) is 0 Å². The van der Waals surface area contributed by atoms with Crippen LogP contribution in [0.25, 0.3) is 10.9 Å². The van der Waals surface area contributed by atoms with Crippen LogP contribution in [-0.2, 0) is 16.8 Å². The van der Waals surface area contributed by atoms with E-state index in [1.807, 2.05) is 25.1 Å². The number of imide groups is 1. The molecule has 2 aliphatic rings. The minimum absolute atomic E-state index is 0.0754. The normalized spacial score (nSPS) is 21.9. The highest BCUT2D eigenvalue weighted by Gasteiger charge is 2.58. The number of hydrogen-bond acceptors (Lipinski definition) is 2. The van der Waals surface area contributed by atoms with E-state index in [1.165, 1.54) is 41.5 Å². The largest absolute Gasteiger partial charge is 0.356 e. The minimum Gasteiger partial charge on any atom is -0.356 e. The van der Waals surface area contributed by atoms with Crippen molar-refractivity contribution in [2.45, 2.75) is 64.3 Å². The van der Waals surface area contributed by atoms with Crippen LogP contribution in [0, 0.1) is 0 Å². The number of H-pyrrole nitrogens is 1. The van der Waals surface area contributed by atoms with E-state index in [0.717, 1.165) is 30.5 Å². The van der Waals surface area contributed by atoms with Crippen LogP contribution in [0.3, 0.4) is 0 Å². The quantitative estimate of drug-likeness (QED) is 0.576. The molecule has 1 fully saturated rings. The van der Waals surface area contributed by atoms with Crippen molar-refractivity contribution in [3.63, 3.8) is 0 Å². The Morgan fingerprint density at radius 1 is 1.07 bits per heavy atom. The fraction of sp³-hybridized carbons (Fsp3) is 0.545. The molecule has 5 nitrogen and oxygen atoms in total. The minimum atomic E-state index is -0.897. The molecular formula is C22H29N3O2. The van der Waals surface area contributed by atoms with Crippen LogP contribution in [0.2, 0.25) is 0 Å². The Kier molecular flexibility index (Phi) is 4.70. The van der Waals surface area contributed by atoms with Gasteiger partial charge in [-0.3, -0.25) is 9.69 Å². The summed E-state index contributed by atoms with van der Waals surface area (Å²) in [4.78, 5) is 33.0. The number of hydrogen-bond donors (Lipinski definition) is 1. The summed E-state index contributed by atoms with van der Waals surface area (Å²) in [5, 5.41) is 1.17. The molecule has 1 aromatic carbocycles. The third-order valence-corrected chi connectivity index (χ3v) is 6.28. The Labute approximate surface area is 160 Å². The number of nitrogens with zero attached hydrogens (tertiary/aromatic N) is 2. The average molecular weight is 367 g/mol. The number of carbonyl (C=O) groups is 2. The number of rotatable bonds is 7. The smallest absolute Gasteiger partial charge is 0.327 e. The van der Waals surface area contributed by atoms with Crippen LogP contribution in [0.15, 0.2) is 24.3 Å². The molecular weight excluding hydrogens is 338 g/mol. The second-order valence-corrected chi connectivity index (χ2v) is 8.01. The molecule has 4 rings (SSSR count). The monoisotopic (exact) mass is 367 g/mol. The third-order valence-electron chi connectivity index (χ3n) is 6.28. The number of aromatic nitrogens is 1. The lowest BCUT2D eigenvalue weighted by molar-refractivity contribution is -0.133. The summed E-state index contributed by atoms with van der Waals surface area (Å²) in [6.07, 6.45) is 7.66. The number of unbranched alkanes of at least 4 members (excludes halogenated alkanes) is 5. The van der Waals surface area contributed by atoms with Crippen LogP contribution in [-0.4, -0.2) is 39.8 Å². The Morgan fingerprint density at radius 2 is 1.81 bits per heavy atom. The summed E-state index contributed by atoms with van der Waals surface area (Å²) in [7, 11) is 0. The Balaban J connectivity index is 1.56. The van der Waals surface area contributed by atoms with Gasteiger partial charge in [0.05, 0.1) is 5.69 Å². The second kappa shape index (κ2) is 7.02. The first kappa shape index (κ1) is 18.1. The van der Waals surface area contributed by atoms with Gasteiger partial charge in [0.25, 0.3) is 5.91 Å². The second-order valence-electron chi connectivity index (χ2n) is 8.01. The van der Waals surface area contributed by atoms with Crippen molar-refractivity contribution in [3.8, 4) is 0 Å². The number of amides is 3. The Bertz CT molecular complexity index is 872. The van der Waals surface area contributed by atoms with Gasteiger partial charge in [-0.25, -0.2) is 4.79 Å². The van der Waals surface area contributed by atoms with Gasteiger partial charge in [-0.2, -0.15) is 0 Å². The van der Waals surface area contributed by atoms with Gasteiger partial charge in [0, 0.05) is 24.0 Å². The molecule has 0 saturated carbocycles. The molecule has 1 aromatic heterocycles. The van der Waals surface area contributed by atoms with Gasteiger partial charge in [-0.1, -0.05) is 57.2 Å². The van der Waals surface area contributed by atoms with E-state index in [1.54, 1.807) is 4.90 Å².